The Balaban J connectivity index is 2.74. The lowest BCUT2D eigenvalue weighted by Gasteiger charge is -2.43. The van der Waals surface area contributed by atoms with Gasteiger partial charge in [0.2, 0.25) is 0 Å². The molecular formula is C7H18N4O3. The van der Waals surface area contributed by atoms with Crippen LogP contribution in [-0.4, -0.2) is 52.3 Å². The zero-order valence-electron chi connectivity index (χ0n) is 8.08. The van der Waals surface area contributed by atoms with Crippen LogP contribution in [0.25, 0.3) is 0 Å². The van der Waals surface area contributed by atoms with Crippen molar-refractivity contribution in [2.45, 2.75) is 37.4 Å². The van der Waals surface area contributed by atoms with Gasteiger partial charge in [-0.2, -0.15) is 5.12 Å². The van der Waals surface area contributed by atoms with Crippen molar-refractivity contribution in [1.82, 2.24) is 5.12 Å². The fourth-order valence-electron chi connectivity index (χ4n) is 1.75. The quantitative estimate of drug-likeness (QED) is 0.238. The van der Waals surface area contributed by atoms with Crippen molar-refractivity contribution in [2.24, 2.45) is 17.4 Å². The third-order valence-electron chi connectivity index (χ3n) is 2.53. The van der Waals surface area contributed by atoms with E-state index in [1.807, 2.05) is 0 Å². The minimum absolute atomic E-state index is 0.143. The van der Waals surface area contributed by atoms with Crippen LogP contribution in [0.4, 0.5) is 0 Å². The summed E-state index contributed by atoms with van der Waals surface area (Å²) in [6, 6.07) is -0.632. The monoisotopic (exact) mass is 206 g/mol. The molecule has 0 spiro atoms. The number of nitrogens with zero attached hydrogens (tertiary/aromatic N) is 1. The summed E-state index contributed by atoms with van der Waals surface area (Å²) in [7, 11) is 0. The Hall–Kier alpha value is -0.280. The number of hydrogen-bond donors (Lipinski definition) is 5. The van der Waals surface area contributed by atoms with E-state index in [4.69, 9.17) is 22.2 Å². The number of aliphatic hydroxyl groups is 2. The van der Waals surface area contributed by atoms with E-state index in [1.54, 1.807) is 6.92 Å². The van der Waals surface area contributed by atoms with Gasteiger partial charge >= 0.3 is 0 Å². The molecule has 0 bridgehead atoms. The fraction of sp³-hybridized carbons (Fsp3) is 1.00. The number of ether oxygens (including phenoxy) is 1. The number of hydrazine groups is 2. The maximum atomic E-state index is 9.69. The smallest absolute Gasteiger partial charge is 0.109 e. The van der Waals surface area contributed by atoms with Crippen LogP contribution >= 0.6 is 0 Å². The van der Waals surface area contributed by atoms with Gasteiger partial charge in [-0.3, -0.25) is 11.7 Å². The maximum absolute atomic E-state index is 9.69. The molecule has 0 amide bonds. The van der Waals surface area contributed by atoms with Crippen LogP contribution in [0, 0.1) is 0 Å². The molecule has 84 valence electrons. The Kier molecular flexibility index (Phi) is 3.78. The highest BCUT2D eigenvalue weighted by molar-refractivity contribution is 4.94. The van der Waals surface area contributed by atoms with Crippen molar-refractivity contribution in [3.05, 3.63) is 0 Å². The Morgan fingerprint density at radius 2 is 1.86 bits per heavy atom. The molecule has 0 aromatic rings. The molecule has 1 fully saturated rings. The van der Waals surface area contributed by atoms with E-state index in [-0.39, 0.29) is 12.6 Å². The molecule has 14 heavy (non-hydrogen) atoms. The van der Waals surface area contributed by atoms with Crippen LogP contribution in [0.2, 0.25) is 0 Å². The molecule has 7 heteroatoms. The van der Waals surface area contributed by atoms with Crippen LogP contribution in [-0.2, 0) is 4.74 Å². The van der Waals surface area contributed by atoms with E-state index in [9.17, 15) is 10.2 Å². The van der Waals surface area contributed by atoms with Gasteiger partial charge in [-0.1, -0.05) is 0 Å². The second kappa shape index (κ2) is 4.49. The van der Waals surface area contributed by atoms with Gasteiger partial charge in [-0.25, -0.2) is 0 Å². The lowest BCUT2D eigenvalue weighted by molar-refractivity contribution is -0.199. The third kappa shape index (κ3) is 2.04. The summed E-state index contributed by atoms with van der Waals surface area (Å²) >= 11 is 0. The molecule has 0 aromatic heterocycles. The predicted octanol–water partition coefficient (Wildman–Crippen LogP) is -3.13. The molecule has 1 aliphatic rings. The summed E-state index contributed by atoms with van der Waals surface area (Å²) in [5.74, 6) is 10.7. The standard InChI is InChI=1S/C7H18N4O3/c1-3-5(11(9)10)7(13)6(12)4(2-8)14-3/h3-7,12-13H,2,8-10H2,1H3/t3-,4?,5-,6+,7?/m1/s1. The van der Waals surface area contributed by atoms with Gasteiger partial charge in [0.15, 0.2) is 0 Å². The molecule has 7 nitrogen and oxygen atoms in total. The minimum atomic E-state index is -1.06. The lowest BCUT2D eigenvalue weighted by atomic mass is 9.93. The summed E-state index contributed by atoms with van der Waals surface area (Å²) in [5.41, 5.74) is 5.37. The van der Waals surface area contributed by atoms with Gasteiger partial charge < -0.3 is 20.7 Å². The first-order valence-corrected chi connectivity index (χ1v) is 4.49. The molecule has 0 radical (unpaired) electrons. The molecule has 0 aliphatic carbocycles. The van der Waals surface area contributed by atoms with Crippen molar-refractivity contribution in [3.8, 4) is 0 Å². The Morgan fingerprint density at radius 1 is 1.29 bits per heavy atom. The third-order valence-corrected chi connectivity index (χ3v) is 2.53. The Labute approximate surface area is 82.3 Å². The average Bonchev–Trinajstić information content (AvgIpc) is 2.10. The van der Waals surface area contributed by atoms with Gasteiger partial charge in [-0.15, -0.1) is 0 Å². The molecule has 1 heterocycles. The predicted molar refractivity (Wildman–Crippen MR) is 49.4 cm³/mol. The molecule has 1 rings (SSSR count). The molecule has 8 N–H and O–H groups in total. The van der Waals surface area contributed by atoms with Gasteiger partial charge in [0.05, 0.1) is 18.2 Å². The first-order chi connectivity index (χ1) is 6.49. The summed E-state index contributed by atoms with van der Waals surface area (Å²) < 4.78 is 5.36. The van der Waals surface area contributed by atoms with Crippen molar-refractivity contribution < 1.29 is 14.9 Å². The lowest BCUT2D eigenvalue weighted by Crippen LogP contribution is -2.67. The summed E-state index contributed by atoms with van der Waals surface area (Å²) in [6.45, 7) is 1.86. The number of rotatable bonds is 2. The van der Waals surface area contributed by atoms with Crippen LogP contribution in [0.1, 0.15) is 6.92 Å². The fourth-order valence-corrected chi connectivity index (χ4v) is 1.75. The first-order valence-electron chi connectivity index (χ1n) is 4.49. The Morgan fingerprint density at radius 3 is 2.29 bits per heavy atom. The summed E-state index contributed by atoms with van der Waals surface area (Å²) in [5, 5.41) is 20.1. The van der Waals surface area contributed by atoms with Crippen molar-refractivity contribution in [3.63, 3.8) is 0 Å². The molecule has 2 unspecified atom stereocenters. The zero-order chi connectivity index (χ0) is 10.9. The van der Waals surface area contributed by atoms with Gasteiger partial charge in [0.1, 0.15) is 12.2 Å². The molecule has 0 aromatic carbocycles. The zero-order valence-corrected chi connectivity index (χ0v) is 8.08. The maximum Gasteiger partial charge on any atom is 0.109 e. The normalized spacial score (nSPS) is 44.4. The molecule has 0 saturated carbocycles. The highest BCUT2D eigenvalue weighted by Crippen LogP contribution is 2.21. The van der Waals surface area contributed by atoms with E-state index >= 15 is 0 Å². The second-order valence-electron chi connectivity index (χ2n) is 3.53. The first kappa shape index (κ1) is 11.8. The SMILES string of the molecule is C[C@H]1OC(CN)[C@H](O)C(O)[C@@H]1N(N)N. The summed E-state index contributed by atoms with van der Waals surface area (Å²) in [4.78, 5) is 0. The topological polar surface area (TPSA) is 131 Å². The average molecular weight is 206 g/mol. The number of aliphatic hydroxyl groups excluding tert-OH is 2. The second-order valence-corrected chi connectivity index (χ2v) is 3.53. The van der Waals surface area contributed by atoms with E-state index in [2.05, 4.69) is 0 Å². The highest BCUT2D eigenvalue weighted by Gasteiger charge is 2.43. The Bertz CT molecular complexity index is 192. The highest BCUT2D eigenvalue weighted by atomic mass is 16.5. The van der Waals surface area contributed by atoms with Gasteiger partial charge in [0.25, 0.3) is 0 Å². The molecule has 1 saturated heterocycles. The van der Waals surface area contributed by atoms with Crippen LogP contribution < -0.4 is 17.4 Å². The van der Waals surface area contributed by atoms with E-state index in [0.717, 1.165) is 5.12 Å². The van der Waals surface area contributed by atoms with E-state index in [0.29, 0.717) is 0 Å². The van der Waals surface area contributed by atoms with Crippen LogP contribution in [0.15, 0.2) is 0 Å². The van der Waals surface area contributed by atoms with Gasteiger partial charge in [-0.05, 0) is 6.92 Å². The van der Waals surface area contributed by atoms with E-state index < -0.39 is 24.4 Å². The van der Waals surface area contributed by atoms with Crippen molar-refractivity contribution in [1.29, 1.82) is 0 Å². The van der Waals surface area contributed by atoms with Crippen LogP contribution in [0.5, 0.6) is 0 Å². The van der Waals surface area contributed by atoms with Crippen molar-refractivity contribution >= 4 is 0 Å². The van der Waals surface area contributed by atoms with Crippen LogP contribution in [0.3, 0.4) is 0 Å². The van der Waals surface area contributed by atoms with Crippen molar-refractivity contribution in [2.75, 3.05) is 6.54 Å². The number of hydrogen-bond acceptors (Lipinski definition) is 7. The van der Waals surface area contributed by atoms with E-state index in [1.165, 1.54) is 0 Å². The number of nitrogens with two attached hydrogens (primary N) is 3. The molecule has 1 aliphatic heterocycles. The summed E-state index contributed by atoms with van der Waals surface area (Å²) in [6.07, 6.45) is -3.06. The molecule has 5 atom stereocenters. The van der Waals surface area contributed by atoms with Gasteiger partial charge in [0, 0.05) is 6.54 Å². The molecular weight excluding hydrogens is 188 g/mol. The minimum Gasteiger partial charge on any atom is -0.388 e. The largest absolute Gasteiger partial charge is 0.388 e.